The van der Waals surface area contributed by atoms with E-state index in [9.17, 15) is 4.79 Å². The number of amides is 1. The fourth-order valence-corrected chi connectivity index (χ4v) is 2.71. The zero-order valence-corrected chi connectivity index (χ0v) is 13.4. The first-order valence-corrected chi connectivity index (χ1v) is 7.86. The first-order valence-electron chi connectivity index (χ1n) is 6.88. The van der Waals surface area contributed by atoms with Crippen LogP contribution in [0.5, 0.6) is 0 Å². The van der Waals surface area contributed by atoms with Crippen molar-refractivity contribution >= 4 is 17.7 Å². The molecule has 1 heterocycles. The normalized spacial score (nSPS) is 10.6. The number of benzene rings is 1. The lowest BCUT2D eigenvalue weighted by molar-refractivity contribution is -0.118. The summed E-state index contributed by atoms with van der Waals surface area (Å²) in [6.07, 6.45) is 0.853. The Balaban J connectivity index is 1.73. The van der Waals surface area contributed by atoms with Crippen LogP contribution in [0.4, 0.5) is 0 Å². The van der Waals surface area contributed by atoms with Crippen molar-refractivity contribution in [3.8, 4) is 0 Å². The number of rotatable bonds is 6. The van der Waals surface area contributed by atoms with E-state index in [2.05, 4.69) is 34.6 Å². The van der Waals surface area contributed by atoms with Gasteiger partial charge in [-0.1, -0.05) is 36.0 Å². The minimum Gasteiger partial charge on any atom is -0.355 e. The van der Waals surface area contributed by atoms with Crippen molar-refractivity contribution in [3.05, 3.63) is 41.2 Å². The molecule has 0 saturated heterocycles. The van der Waals surface area contributed by atoms with E-state index >= 15 is 0 Å². The number of hydrogen-bond acceptors (Lipinski definition) is 4. The summed E-state index contributed by atoms with van der Waals surface area (Å²) in [5.41, 5.74) is 2.53. The highest BCUT2D eigenvalue weighted by Crippen LogP contribution is 2.14. The van der Waals surface area contributed by atoms with Gasteiger partial charge in [0.15, 0.2) is 5.16 Å². The van der Waals surface area contributed by atoms with Gasteiger partial charge >= 0.3 is 0 Å². The molecule has 0 spiro atoms. The Morgan fingerprint density at radius 3 is 2.71 bits per heavy atom. The van der Waals surface area contributed by atoms with Crippen LogP contribution in [0.1, 0.15) is 17.0 Å². The Kier molecular flexibility index (Phi) is 5.38. The molecule has 2 aromatic rings. The van der Waals surface area contributed by atoms with Gasteiger partial charge in [-0.25, -0.2) is 0 Å². The van der Waals surface area contributed by atoms with Gasteiger partial charge in [-0.3, -0.25) is 4.79 Å². The lowest BCUT2D eigenvalue weighted by Gasteiger charge is -2.07. The second-order valence-electron chi connectivity index (χ2n) is 4.90. The summed E-state index contributed by atoms with van der Waals surface area (Å²) in [7, 11) is 1.90. The molecule has 1 aromatic carbocycles. The van der Waals surface area contributed by atoms with E-state index in [1.165, 1.54) is 22.9 Å². The number of nitrogens with zero attached hydrogens (tertiary/aromatic N) is 3. The third-order valence-electron chi connectivity index (χ3n) is 3.36. The molecule has 112 valence electrons. The monoisotopic (exact) mass is 304 g/mol. The van der Waals surface area contributed by atoms with Gasteiger partial charge in [0, 0.05) is 13.6 Å². The molecule has 0 atom stereocenters. The number of carbonyl (C=O) groups excluding carboxylic acids is 1. The number of thioether (sulfide) groups is 1. The Morgan fingerprint density at radius 2 is 2.05 bits per heavy atom. The number of aryl methyl sites for hydroxylation is 2. The van der Waals surface area contributed by atoms with Gasteiger partial charge in [0.1, 0.15) is 5.82 Å². The summed E-state index contributed by atoms with van der Waals surface area (Å²) in [4.78, 5) is 11.8. The first-order chi connectivity index (χ1) is 10.1. The van der Waals surface area contributed by atoms with Crippen LogP contribution in [0.15, 0.2) is 29.4 Å². The van der Waals surface area contributed by atoms with Crippen LogP contribution in [-0.4, -0.2) is 33.0 Å². The predicted molar refractivity (Wildman–Crippen MR) is 84.4 cm³/mol. The highest BCUT2D eigenvalue weighted by atomic mass is 32.2. The van der Waals surface area contributed by atoms with Crippen LogP contribution in [0.25, 0.3) is 0 Å². The number of nitrogens with one attached hydrogen (secondary N) is 1. The van der Waals surface area contributed by atoms with E-state index in [-0.39, 0.29) is 5.91 Å². The summed E-state index contributed by atoms with van der Waals surface area (Å²) < 4.78 is 1.88. The van der Waals surface area contributed by atoms with Crippen molar-refractivity contribution in [2.75, 3.05) is 12.3 Å². The zero-order chi connectivity index (χ0) is 15.2. The van der Waals surface area contributed by atoms with Crippen LogP contribution in [0.2, 0.25) is 0 Å². The number of hydrogen-bond donors (Lipinski definition) is 1. The Labute approximate surface area is 129 Å². The van der Waals surface area contributed by atoms with Gasteiger partial charge in [0.05, 0.1) is 5.75 Å². The van der Waals surface area contributed by atoms with Crippen molar-refractivity contribution < 1.29 is 4.79 Å². The molecular weight excluding hydrogens is 284 g/mol. The van der Waals surface area contributed by atoms with E-state index < -0.39 is 0 Å². The second kappa shape index (κ2) is 7.26. The molecule has 2 rings (SSSR count). The molecule has 6 heteroatoms. The maximum Gasteiger partial charge on any atom is 0.230 e. The van der Waals surface area contributed by atoms with Crippen LogP contribution in [0, 0.1) is 13.8 Å². The lowest BCUT2D eigenvalue weighted by Crippen LogP contribution is -2.27. The van der Waals surface area contributed by atoms with Gasteiger partial charge in [-0.15, -0.1) is 10.2 Å². The van der Waals surface area contributed by atoms with E-state index in [1.807, 2.05) is 30.7 Å². The molecule has 0 aliphatic carbocycles. The maximum atomic E-state index is 11.8. The van der Waals surface area contributed by atoms with Crippen molar-refractivity contribution in [2.24, 2.45) is 7.05 Å². The largest absolute Gasteiger partial charge is 0.355 e. The molecule has 1 N–H and O–H groups in total. The van der Waals surface area contributed by atoms with Gasteiger partial charge in [0.25, 0.3) is 0 Å². The SMILES string of the molecule is Cc1ccccc1CCNC(=O)CSc1nnc(C)n1C. The topological polar surface area (TPSA) is 59.8 Å². The average molecular weight is 304 g/mol. The molecule has 0 aliphatic rings. The molecule has 0 bridgehead atoms. The fourth-order valence-electron chi connectivity index (χ4n) is 1.92. The van der Waals surface area contributed by atoms with Crippen molar-refractivity contribution in [1.82, 2.24) is 20.1 Å². The summed E-state index contributed by atoms with van der Waals surface area (Å²) in [5, 5.41) is 11.7. The standard InChI is InChI=1S/C15H20N4OS/c1-11-6-4-5-7-13(11)8-9-16-14(20)10-21-15-18-17-12(2)19(15)3/h4-7H,8-10H2,1-3H3,(H,16,20). The average Bonchev–Trinajstić information content (AvgIpc) is 2.79. The minimum absolute atomic E-state index is 0.0224. The van der Waals surface area contributed by atoms with E-state index in [4.69, 9.17) is 0 Å². The van der Waals surface area contributed by atoms with Crippen molar-refractivity contribution in [1.29, 1.82) is 0 Å². The Morgan fingerprint density at radius 1 is 1.29 bits per heavy atom. The molecule has 0 unspecified atom stereocenters. The first kappa shape index (κ1) is 15.6. The van der Waals surface area contributed by atoms with Gasteiger partial charge in [0.2, 0.25) is 5.91 Å². The predicted octanol–water partition coefficient (Wildman–Crippen LogP) is 1.88. The van der Waals surface area contributed by atoms with E-state index in [0.29, 0.717) is 12.3 Å². The molecule has 0 saturated carbocycles. The molecule has 0 radical (unpaired) electrons. The van der Waals surface area contributed by atoms with Crippen LogP contribution in [0.3, 0.4) is 0 Å². The summed E-state index contributed by atoms with van der Waals surface area (Å²) in [5.74, 6) is 1.23. The van der Waals surface area contributed by atoms with Gasteiger partial charge in [-0.2, -0.15) is 0 Å². The van der Waals surface area contributed by atoms with Crippen LogP contribution in [-0.2, 0) is 18.3 Å². The van der Waals surface area contributed by atoms with Gasteiger partial charge < -0.3 is 9.88 Å². The number of carbonyl (C=O) groups is 1. The molecule has 0 fully saturated rings. The lowest BCUT2D eigenvalue weighted by atomic mass is 10.1. The summed E-state index contributed by atoms with van der Waals surface area (Å²) in [6.45, 7) is 4.63. The second-order valence-corrected chi connectivity index (χ2v) is 5.85. The third-order valence-corrected chi connectivity index (χ3v) is 4.38. The highest BCUT2D eigenvalue weighted by Gasteiger charge is 2.08. The molecule has 1 aromatic heterocycles. The third kappa shape index (κ3) is 4.32. The quantitative estimate of drug-likeness (QED) is 0.828. The molecular formula is C15H20N4OS. The van der Waals surface area contributed by atoms with Crippen molar-refractivity contribution in [2.45, 2.75) is 25.4 Å². The Bertz CT molecular complexity index is 624. The minimum atomic E-state index is 0.0224. The summed E-state index contributed by atoms with van der Waals surface area (Å²) >= 11 is 1.40. The summed E-state index contributed by atoms with van der Waals surface area (Å²) in [6, 6.07) is 8.23. The molecule has 21 heavy (non-hydrogen) atoms. The molecule has 1 amide bonds. The Hall–Kier alpha value is -1.82. The molecule has 5 nitrogen and oxygen atoms in total. The van der Waals surface area contributed by atoms with Crippen LogP contribution >= 0.6 is 11.8 Å². The van der Waals surface area contributed by atoms with Gasteiger partial charge in [-0.05, 0) is 31.4 Å². The smallest absolute Gasteiger partial charge is 0.230 e. The zero-order valence-electron chi connectivity index (χ0n) is 12.6. The fraction of sp³-hybridized carbons (Fsp3) is 0.400. The van der Waals surface area contributed by atoms with E-state index in [0.717, 1.165) is 17.4 Å². The van der Waals surface area contributed by atoms with Crippen molar-refractivity contribution in [3.63, 3.8) is 0 Å². The molecule has 0 aliphatic heterocycles. The highest BCUT2D eigenvalue weighted by molar-refractivity contribution is 7.99. The number of aromatic nitrogens is 3. The van der Waals surface area contributed by atoms with Crippen LogP contribution < -0.4 is 5.32 Å². The van der Waals surface area contributed by atoms with E-state index in [1.54, 1.807) is 0 Å². The maximum absolute atomic E-state index is 11.8.